The zero-order valence-electron chi connectivity index (χ0n) is 17.9. The van der Waals surface area contributed by atoms with Crippen molar-refractivity contribution in [3.63, 3.8) is 0 Å². The van der Waals surface area contributed by atoms with Crippen molar-refractivity contribution >= 4 is 5.96 Å². The lowest BCUT2D eigenvalue weighted by Crippen LogP contribution is -2.63. The quantitative estimate of drug-likeness (QED) is 0.526. The van der Waals surface area contributed by atoms with Gasteiger partial charge in [0.1, 0.15) is 5.75 Å². The first kappa shape index (κ1) is 20.4. The zero-order valence-corrected chi connectivity index (χ0v) is 17.9. The second-order valence-electron chi connectivity index (χ2n) is 8.36. The number of hydrogen-bond acceptors (Lipinski definition) is 5. The summed E-state index contributed by atoms with van der Waals surface area (Å²) in [6.45, 7) is 10.2. The van der Waals surface area contributed by atoms with Crippen LogP contribution in [0, 0.1) is 0 Å². The van der Waals surface area contributed by atoms with E-state index in [4.69, 9.17) is 4.74 Å². The number of nitrogens with zero attached hydrogens (tertiary/aromatic N) is 4. The summed E-state index contributed by atoms with van der Waals surface area (Å²) in [6.07, 6.45) is 2.57. The standard InChI is InChI=1S/C22H36N6O/c1-23-22(24-15-19-17-26-11-13-27(19)14-12-26)25-16-21(28-9-3-4-10-28)18-5-7-20(29-2)8-6-18/h5-8,19,21H,3-4,9-17H2,1-2H3,(H2,23,24,25). The molecule has 5 rings (SSSR count). The van der Waals surface area contributed by atoms with Crippen LogP contribution in [0.4, 0.5) is 0 Å². The number of nitrogens with one attached hydrogen (secondary N) is 2. The molecule has 2 unspecified atom stereocenters. The topological polar surface area (TPSA) is 55.4 Å². The summed E-state index contributed by atoms with van der Waals surface area (Å²) >= 11 is 0. The molecular formula is C22H36N6O. The Morgan fingerprint density at radius 2 is 1.79 bits per heavy atom. The van der Waals surface area contributed by atoms with Crippen molar-refractivity contribution in [1.29, 1.82) is 0 Å². The van der Waals surface area contributed by atoms with Gasteiger partial charge in [-0.3, -0.25) is 19.7 Å². The van der Waals surface area contributed by atoms with Crippen LogP contribution < -0.4 is 15.4 Å². The van der Waals surface area contributed by atoms with Crippen molar-refractivity contribution in [2.45, 2.75) is 24.9 Å². The van der Waals surface area contributed by atoms with E-state index in [0.29, 0.717) is 12.1 Å². The van der Waals surface area contributed by atoms with Crippen LogP contribution in [0.25, 0.3) is 0 Å². The smallest absolute Gasteiger partial charge is 0.191 e. The highest BCUT2D eigenvalue weighted by Gasteiger charge is 2.31. The molecule has 4 saturated heterocycles. The number of methoxy groups -OCH3 is 1. The molecule has 1 aromatic rings. The van der Waals surface area contributed by atoms with Crippen LogP contribution >= 0.6 is 0 Å². The highest BCUT2D eigenvalue weighted by Crippen LogP contribution is 2.26. The number of benzene rings is 1. The van der Waals surface area contributed by atoms with Gasteiger partial charge in [-0.1, -0.05) is 12.1 Å². The summed E-state index contributed by atoms with van der Waals surface area (Å²) in [7, 11) is 3.58. The predicted molar refractivity (Wildman–Crippen MR) is 118 cm³/mol. The summed E-state index contributed by atoms with van der Waals surface area (Å²) in [6, 6.07) is 9.45. The van der Waals surface area contributed by atoms with Crippen LogP contribution in [0.1, 0.15) is 24.4 Å². The summed E-state index contributed by atoms with van der Waals surface area (Å²) in [5.74, 6) is 1.81. The summed E-state index contributed by atoms with van der Waals surface area (Å²) in [4.78, 5) is 12.3. The van der Waals surface area contributed by atoms with Gasteiger partial charge in [0, 0.05) is 58.9 Å². The molecule has 29 heavy (non-hydrogen) atoms. The van der Waals surface area contributed by atoms with Crippen LogP contribution in [0.5, 0.6) is 5.75 Å². The Morgan fingerprint density at radius 1 is 1.07 bits per heavy atom. The Hall–Kier alpha value is -1.83. The molecule has 0 spiro atoms. The number of rotatable bonds is 7. The number of likely N-dealkylation sites (tertiary alicyclic amines) is 1. The van der Waals surface area contributed by atoms with E-state index >= 15 is 0 Å². The molecule has 160 valence electrons. The third-order valence-electron chi connectivity index (χ3n) is 6.67. The van der Waals surface area contributed by atoms with Crippen molar-refractivity contribution < 1.29 is 4.74 Å². The second kappa shape index (κ2) is 9.78. The maximum Gasteiger partial charge on any atom is 0.191 e. The van der Waals surface area contributed by atoms with E-state index in [-0.39, 0.29) is 0 Å². The lowest BCUT2D eigenvalue weighted by Gasteiger charge is -2.47. The van der Waals surface area contributed by atoms with Crippen molar-refractivity contribution in [1.82, 2.24) is 25.3 Å². The SMILES string of the molecule is CN=C(NCC1CN2CCN1CC2)NCC(c1ccc(OC)cc1)N1CCCC1. The van der Waals surface area contributed by atoms with Crippen molar-refractivity contribution in [2.75, 3.05) is 73.1 Å². The summed E-state index contributed by atoms with van der Waals surface area (Å²) in [5.41, 5.74) is 1.33. The molecule has 4 aliphatic rings. The second-order valence-corrected chi connectivity index (χ2v) is 8.36. The van der Waals surface area contributed by atoms with Gasteiger partial charge in [-0.05, 0) is 43.6 Å². The van der Waals surface area contributed by atoms with Gasteiger partial charge in [0.2, 0.25) is 0 Å². The van der Waals surface area contributed by atoms with Gasteiger partial charge in [-0.2, -0.15) is 0 Å². The average Bonchev–Trinajstić information content (AvgIpc) is 3.32. The lowest BCUT2D eigenvalue weighted by molar-refractivity contribution is 0.0154. The summed E-state index contributed by atoms with van der Waals surface area (Å²) in [5, 5.41) is 7.16. The zero-order chi connectivity index (χ0) is 20.1. The first-order valence-corrected chi connectivity index (χ1v) is 11.1. The monoisotopic (exact) mass is 400 g/mol. The Bertz CT molecular complexity index is 664. The van der Waals surface area contributed by atoms with Gasteiger partial charge >= 0.3 is 0 Å². The molecule has 4 heterocycles. The minimum atomic E-state index is 0.350. The van der Waals surface area contributed by atoms with E-state index in [9.17, 15) is 0 Å². The molecule has 0 amide bonds. The van der Waals surface area contributed by atoms with Crippen molar-refractivity contribution in [2.24, 2.45) is 4.99 Å². The van der Waals surface area contributed by atoms with Gasteiger partial charge < -0.3 is 15.4 Å². The molecule has 7 nitrogen and oxygen atoms in total. The van der Waals surface area contributed by atoms with Crippen LogP contribution in [-0.2, 0) is 0 Å². The highest BCUT2D eigenvalue weighted by molar-refractivity contribution is 5.79. The van der Waals surface area contributed by atoms with E-state index in [1.165, 1.54) is 51.1 Å². The first-order chi connectivity index (χ1) is 14.3. The maximum atomic E-state index is 5.33. The Morgan fingerprint density at radius 3 is 2.38 bits per heavy atom. The average molecular weight is 401 g/mol. The van der Waals surface area contributed by atoms with Crippen LogP contribution in [0.2, 0.25) is 0 Å². The molecular weight excluding hydrogens is 364 g/mol. The maximum absolute atomic E-state index is 5.33. The number of guanidine groups is 1. The number of piperazine rings is 3. The molecule has 2 atom stereocenters. The minimum absolute atomic E-state index is 0.350. The van der Waals surface area contributed by atoms with E-state index in [0.717, 1.165) is 37.9 Å². The molecule has 2 N–H and O–H groups in total. The van der Waals surface area contributed by atoms with Gasteiger partial charge in [-0.25, -0.2) is 0 Å². The Balaban J connectivity index is 1.33. The first-order valence-electron chi connectivity index (χ1n) is 11.1. The minimum Gasteiger partial charge on any atom is -0.497 e. The molecule has 1 aromatic carbocycles. The molecule has 4 aliphatic heterocycles. The molecule has 2 bridgehead atoms. The van der Waals surface area contributed by atoms with Crippen LogP contribution in [0.3, 0.4) is 0 Å². The van der Waals surface area contributed by atoms with Gasteiger partial charge in [0.15, 0.2) is 5.96 Å². The fourth-order valence-electron chi connectivity index (χ4n) is 4.88. The predicted octanol–water partition coefficient (Wildman–Crippen LogP) is 0.997. The molecule has 0 aliphatic carbocycles. The molecule has 0 saturated carbocycles. The van der Waals surface area contributed by atoms with E-state index < -0.39 is 0 Å². The van der Waals surface area contributed by atoms with Gasteiger partial charge in [0.05, 0.1) is 13.2 Å². The van der Waals surface area contributed by atoms with E-state index in [1.54, 1.807) is 7.11 Å². The molecule has 0 radical (unpaired) electrons. The Kier molecular flexibility index (Phi) is 6.90. The summed E-state index contributed by atoms with van der Waals surface area (Å²) < 4.78 is 5.33. The number of aliphatic imine (C=N–C) groups is 1. The number of ether oxygens (including phenoxy) is 1. The van der Waals surface area contributed by atoms with Crippen molar-refractivity contribution in [3.05, 3.63) is 29.8 Å². The van der Waals surface area contributed by atoms with Crippen LogP contribution in [0.15, 0.2) is 29.3 Å². The molecule has 0 aromatic heterocycles. The normalized spacial score (nSPS) is 28.3. The van der Waals surface area contributed by atoms with Crippen molar-refractivity contribution in [3.8, 4) is 5.75 Å². The third-order valence-corrected chi connectivity index (χ3v) is 6.67. The lowest BCUT2D eigenvalue weighted by atomic mass is 10.1. The Labute approximate surface area is 175 Å². The number of fused-ring (bicyclic) bond motifs is 3. The fraction of sp³-hybridized carbons (Fsp3) is 0.682. The van der Waals surface area contributed by atoms with Gasteiger partial charge in [-0.15, -0.1) is 0 Å². The molecule has 7 heteroatoms. The highest BCUT2D eigenvalue weighted by atomic mass is 16.5. The van der Waals surface area contributed by atoms with E-state index in [1.807, 2.05) is 7.05 Å². The van der Waals surface area contributed by atoms with Crippen LogP contribution in [-0.4, -0.2) is 99.8 Å². The van der Waals surface area contributed by atoms with E-state index in [2.05, 4.69) is 54.6 Å². The van der Waals surface area contributed by atoms with Gasteiger partial charge in [0.25, 0.3) is 0 Å². The third kappa shape index (κ3) is 5.02. The molecule has 4 fully saturated rings. The fourth-order valence-corrected chi connectivity index (χ4v) is 4.88. The largest absolute Gasteiger partial charge is 0.497 e. The number of hydrogen-bond donors (Lipinski definition) is 2.